The van der Waals surface area contributed by atoms with Crippen LogP contribution in [0.2, 0.25) is 0 Å². The van der Waals surface area contributed by atoms with E-state index in [1.54, 1.807) is 7.05 Å². The van der Waals surface area contributed by atoms with Crippen LogP contribution in [0.3, 0.4) is 0 Å². The molecule has 1 aliphatic heterocycles. The van der Waals surface area contributed by atoms with Crippen molar-refractivity contribution in [3.05, 3.63) is 62.6 Å². The van der Waals surface area contributed by atoms with E-state index in [9.17, 15) is 9.59 Å². The summed E-state index contributed by atoms with van der Waals surface area (Å²) in [5, 5.41) is 0. The van der Waals surface area contributed by atoms with Crippen molar-refractivity contribution in [1.29, 1.82) is 0 Å². The number of piperidine rings is 1. The molecule has 1 fully saturated rings. The highest BCUT2D eigenvalue weighted by molar-refractivity contribution is 5.71. The van der Waals surface area contributed by atoms with Gasteiger partial charge in [-0.1, -0.05) is 36.8 Å². The molecule has 0 spiro atoms. The van der Waals surface area contributed by atoms with Gasteiger partial charge < -0.3 is 4.57 Å². The van der Waals surface area contributed by atoms with Gasteiger partial charge in [0.05, 0.1) is 6.54 Å². The molecule has 4 rings (SSSR count). The molecule has 0 unspecified atom stereocenters. The summed E-state index contributed by atoms with van der Waals surface area (Å²) in [6.07, 6.45) is 4.44. The number of fused-ring (bicyclic) bond motifs is 1. The average Bonchev–Trinajstić information content (AvgIpc) is 3.10. The van der Waals surface area contributed by atoms with Gasteiger partial charge in [0.2, 0.25) is 0 Å². The molecule has 1 atom stereocenters. The van der Waals surface area contributed by atoms with Gasteiger partial charge in [0.1, 0.15) is 5.82 Å². The molecule has 0 bridgehead atoms. The lowest BCUT2D eigenvalue weighted by Crippen LogP contribution is -2.38. The Kier molecular flexibility index (Phi) is 5.41. The number of aromatic nitrogens is 4. The van der Waals surface area contributed by atoms with Crippen molar-refractivity contribution in [1.82, 2.24) is 23.6 Å². The number of likely N-dealkylation sites (tertiary alicyclic amines) is 1. The topological polar surface area (TPSA) is 65.1 Å². The highest BCUT2D eigenvalue weighted by Gasteiger charge is 2.24. The minimum Gasteiger partial charge on any atom is -0.321 e. The van der Waals surface area contributed by atoms with Crippen molar-refractivity contribution in [3.8, 4) is 0 Å². The zero-order valence-electron chi connectivity index (χ0n) is 17.5. The van der Waals surface area contributed by atoms with Crippen LogP contribution in [-0.4, -0.2) is 36.2 Å². The molecule has 3 aromatic rings. The molecule has 1 aromatic carbocycles. The molecule has 1 saturated heterocycles. The summed E-state index contributed by atoms with van der Waals surface area (Å²) >= 11 is 0. The van der Waals surface area contributed by atoms with E-state index in [4.69, 9.17) is 4.98 Å². The van der Waals surface area contributed by atoms with Gasteiger partial charge in [-0.3, -0.25) is 18.8 Å². The number of benzene rings is 1. The lowest BCUT2D eigenvalue weighted by molar-refractivity contribution is 0.147. The van der Waals surface area contributed by atoms with E-state index >= 15 is 0 Å². The molecule has 0 saturated carbocycles. The third-order valence-corrected chi connectivity index (χ3v) is 6.18. The van der Waals surface area contributed by atoms with Gasteiger partial charge in [-0.2, -0.15) is 0 Å². The fourth-order valence-electron chi connectivity index (χ4n) is 4.31. The van der Waals surface area contributed by atoms with Crippen LogP contribution >= 0.6 is 0 Å². The summed E-state index contributed by atoms with van der Waals surface area (Å²) in [6.45, 7) is 4.65. The second-order valence-corrected chi connectivity index (χ2v) is 8.11. The lowest BCUT2D eigenvalue weighted by atomic mass is 10.0. The first-order valence-corrected chi connectivity index (χ1v) is 10.4. The Morgan fingerprint density at radius 2 is 1.83 bits per heavy atom. The molecule has 7 nitrogen and oxygen atoms in total. The van der Waals surface area contributed by atoms with Crippen LogP contribution in [0.4, 0.5) is 0 Å². The van der Waals surface area contributed by atoms with Crippen molar-refractivity contribution < 1.29 is 0 Å². The third-order valence-electron chi connectivity index (χ3n) is 6.18. The van der Waals surface area contributed by atoms with Crippen molar-refractivity contribution in [3.63, 3.8) is 0 Å². The Balaban J connectivity index is 1.80. The number of nitrogens with zero attached hydrogens (tertiary/aromatic N) is 5. The van der Waals surface area contributed by atoms with Crippen LogP contribution in [0.5, 0.6) is 0 Å². The SMILES string of the molecule is C[C@@H]1CCCCN1Cc1nc2c(c(=O)n(C)c(=O)n2C)n1CCc1ccccc1. The molecule has 7 heteroatoms. The van der Waals surface area contributed by atoms with Gasteiger partial charge in [0.15, 0.2) is 11.2 Å². The summed E-state index contributed by atoms with van der Waals surface area (Å²) in [7, 11) is 3.22. The standard InChI is InChI=1S/C22H29N5O2/c1-16-9-7-8-13-26(16)15-18-23-20-19(21(28)25(3)22(29)24(20)2)27(18)14-12-17-10-5-4-6-11-17/h4-6,10-11,16H,7-9,12-15H2,1-3H3/t16-/m1/s1. The van der Waals surface area contributed by atoms with Crippen LogP contribution in [0, 0.1) is 0 Å². The second-order valence-electron chi connectivity index (χ2n) is 8.11. The van der Waals surface area contributed by atoms with Crippen LogP contribution < -0.4 is 11.2 Å². The number of aryl methyl sites for hydroxylation is 3. The van der Waals surface area contributed by atoms with E-state index < -0.39 is 0 Å². The number of hydrogen-bond acceptors (Lipinski definition) is 4. The Bertz CT molecular complexity index is 1130. The van der Waals surface area contributed by atoms with E-state index in [1.807, 2.05) is 22.8 Å². The molecule has 0 aliphatic carbocycles. The Labute approximate surface area is 170 Å². The normalized spacial score (nSPS) is 17.8. The van der Waals surface area contributed by atoms with Crippen molar-refractivity contribution in [2.24, 2.45) is 14.1 Å². The van der Waals surface area contributed by atoms with E-state index in [0.717, 1.165) is 18.8 Å². The van der Waals surface area contributed by atoms with Gasteiger partial charge in [-0.25, -0.2) is 9.78 Å². The monoisotopic (exact) mass is 395 g/mol. The van der Waals surface area contributed by atoms with Crippen molar-refractivity contribution >= 4 is 11.2 Å². The molecule has 2 aromatic heterocycles. The number of rotatable bonds is 5. The van der Waals surface area contributed by atoms with Gasteiger partial charge in [0.25, 0.3) is 5.56 Å². The summed E-state index contributed by atoms with van der Waals surface area (Å²) < 4.78 is 4.70. The van der Waals surface area contributed by atoms with Gasteiger partial charge in [-0.05, 0) is 38.3 Å². The van der Waals surface area contributed by atoms with Crippen LogP contribution in [-0.2, 0) is 33.6 Å². The fraction of sp³-hybridized carbons (Fsp3) is 0.500. The Morgan fingerprint density at radius 3 is 2.55 bits per heavy atom. The molecule has 0 amide bonds. The van der Waals surface area contributed by atoms with E-state index in [-0.39, 0.29) is 11.2 Å². The lowest BCUT2D eigenvalue weighted by Gasteiger charge is -2.33. The molecule has 3 heterocycles. The fourth-order valence-corrected chi connectivity index (χ4v) is 4.31. The molecule has 0 N–H and O–H groups in total. The van der Waals surface area contributed by atoms with Crippen molar-refractivity contribution in [2.75, 3.05) is 6.54 Å². The second kappa shape index (κ2) is 7.99. The molecular weight excluding hydrogens is 366 g/mol. The van der Waals surface area contributed by atoms with E-state index in [0.29, 0.717) is 30.3 Å². The summed E-state index contributed by atoms with van der Waals surface area (Å²) in [5.74, 6) is 0.864. The highest BCUT2D eigenvalue weighted by atomic mass is 16.2. The van der Waals surface area contributed by atoms with Crippen LogP contribution in [0.25, 0.3) is 11.2 Å². The summed E-state index contributed by atoms with van der Waals surface area (Å²) in [4.78, 5) is 32.6. The zero-order chi connectivity index (χ0) is 20.5. The molecule has 29 heavy (non-hydrogen) atoms. The Hall–Kier alpha value is -2.67. The first-order chi connectivity index (χ1) is 14.0. The quantitative estimate of drug-likeness (QED) is 0.663. The van der Waals surface area contributed by atoms with Crippen LogP contribution in [0.15, 0.2) is 39.9 Å². The van der Waals surface area contributed by atoms with Gasteiger partial charge in [0, 0.05) is 26.7 Å². The van der Waals surface area contributed by atoms with Gasteiger partial charge >= 0.3 is 5.69 Å². The van der Waals surface area contributed by atoms with Gasteiger partial charge in [-0.15, -0.1) is 0 Å². The first-order valence-electron chi connectivity index (χ1n) is 10.4. The molecule has 154 valence electrons. The highest BCUT2D eigenvalue weighted by Crippen LogP contribution is 2.21. The summed E-state index contributed by atoms with van der Waals surface area (Å²) in [5.41, 5.74) is 1.60. The summed E-state index contributed by atoms with van der Waals surface area (Å²) in [6, 6.07) is 10.8. The van der Waals surface area contributed by atoms with Crippen LogP contribution in [0.1, 0.15) is 37.6 Å². The smallest absolute Gasteiger partial charge is 0.321 e. The van der Waals surface area contributed by atoms with E-state index in [1.165, 1.54) is 41.0 Å². The molecule has 1 aliphatic rings. The average molecular weight is 396 g/mol. The minimum absolute atomic E-state index is 0.276. The maximum atomic E-state index is 13.0. The number of hydrogen-bond donors (Lipinski definition) is 0. The number of imidazole rings is 1. The molecule has 0 radical (unpaired) electrons. The zero-order valence-corrected chi connectivity index (χ0v) is 17.5. The first kappa shape index (κ1) is 19.6. The minimum atomic E-state index is -0.340. The largest absolute Gasteiger partial charge is 0.332 e. The van der Waals surface area contributed by atoms with Crippen molar-refractivity contribution in [2.45, 2.75) is 51.7 Å². The third kappa shape index (κ3) is 3.67. The maximum absolute atomic E-state index is 13.0. The van der Waals surface area contributed by atoms with E-state index in [2.05, 4.69) is 24.0 Å². The molecular formula is C22H29N5O2. The maximum Gasteiger partial charge on any atom is 0.332 e. The Morgan fingerprint density at radius 1 is 1.07 bits per heavy atom. The predicted octanol–water partition coefficient (Wildman–Crippen LogP) is 2.05. The predicted molar refractivity (Wildman–Crippen MR) is 114 cm³/mol.